The first kappa shape index (κ1) is 9.31. The van der Waals surface area contributed by atoms with Crippen molar-refractivity contribution < 1.29 is 0 Å². The van der Waals surface area contributed by atoms with Crippen LogP contribution in [0.4, 0.5) is 0 Å². The Morgan fingerprint density at radius 1 is 1.47 bits per heavy atom. The van der Waals surface area contributed by atoms with E-state index >= 15 is 0 Å². The lowest BCUT2D eigenvalue weighted by Gasteiger charge is -2.27. The van der Waals surface area contributed by atoms with Crippen molar-refractivity contribution in [1.82, 2.24) is 10.2 Å². The van der Waals surface area contributed by atoms with Crippen LogP contribution in [0.5, 0.6) is 0 Å². The Bertz CT molecular complexity index is 373. The van der Waals surface area contributed by atoms with Crippen LogP contribution in [0.3, 0.4) is 0 Å². The molecule has 0 saturated carbocycles. The van der Waals surface area contributed by atoms with Crippen molar-refractivity contribution in [2.45, 2.75) is 5.37 Å². The van der Waals surface area contributed by atoms with Crippen molar-refractivity contribution >= 4 is 11.8 Å². The van der Waals surface area contributed by atoms with Crippen LogP contribution in [-0.2, 0) is 0 Å². The van der Waals surface area contributed by atoms with E-state index in [2.05, 4.69) is 46.8 Å². The zero-order chi connectivity index (χ0) is 10.1. The number of hydrogen-bond acceptors (Lipinski definition) is 3. The van der Waals surface area contributed by atoms with Gasteiger partial charge in [-0.1, -0.05) is 12.2 Å². The molecule has 0 amide bonds. The highest BCUT2D eigenvalue weighted by molar-refractivity contribution is 8.00. The van der Waals surface area contributed by atoms with Gasteiger partial charge in [0.2, 0.25) is 0 Å². The molecule has 1 unspecified atom stereocenters. The van der Waals surface area contributed by atoms with E-state index in [9.17, 15) is 0 Å². The molecule has 0 aromatic heterocycles. The Morgan fingerprint density at radius 2 is 2.47 bits per heavy atom. The number of rotatable bonds is 1. The standard InChI is InChI=1S/C12H14N2S/c1-2-6-14-7-4-10(9-11(14)3-1)12-13-5-8-15-12/h1-4,7,9,12-13H,5-6,8H2. The minimum Gasteiger partial charge on any atom is -0.344 e. The van der Waals surface area contributed by atoms with Crippen LogP contribution in [0.25, 0.3) is 0 Å². The summed E-state index contributed by atoms with van der Waals surface area (Å²) in [6.45, 7) is 2.13. The molecular formula is C12H14N2S. The molecule has 15 heavy (non-hydrogen) atoms. The van der Waals surface area contributed by atoms with Crippen LogP contribution in [0.15, 0.2) is 47.9 Å². The fraction of sp³-hybridized carbons (Fsp3) is 0.333. The molecule has 0 aromatic rings. The first-order valence-corrected chi connectivity index (χ1v) is 6.37. The molecule has 1 fully saturated rings. The Balaban J connectivity index is 1.85. The maximum Gasteiger partial charge on any atom is 0.0791 e. The van der Waals surface area contributed by atoms with Gasteiger partial charge in [0.15, 0.2) is 0 Å². The average Bonchev–Trinajstić information content (AvgIpc) is 2.82. The van der Waals surface area contributed by atoms with E-state index in [1.54, 1.807) is 0 Å². The van der Waals surface area contributed by atoms with E-state index in [1.165, 1.54) is 17.0 Å². The third kappa shape index (κ3) is 1.77. The van der Waals surface area contributed by atoms with E-state index in [0.29, 0.717) is 5.37 Å². The second-order valence-corrected chi connectivity index (χ2v) is 5.05. The number of allylic oxidation sites excluding steroid dienone is 3. The van der Waals surface area contributed by atoms with Crippen LogP contribution in [0, 0.1) is 0 Å². The highest BCUT2D eigenvalue weighted by atomic mass is 32.2. The predicted molar refractivity (Wildman–Crippen MR) is 65.4 cm³/mol. The van der Waals surface area contributed by atoms with Crippen LogP contribution in [0.2, 0.25) is 0 Å². The molecule has 2 nitrogen and oxygen atoms in total. The molecule has 3 heterocycles. The van der Waals surface area contributed by atoms with Gasteiger partial charge < -0.3 is 10.2 Å². The van der Waals surface area contributed by atoms with Gasteiger partial charge in [-0.05, 0) is 23.8 Å². The van der Waals surface area contributed by atoms with Gasteiger partial charge in [0, 0.05) is 30.7 Å². The summed E-state index contributed by atoms with van der Waals surface area (Å²) in [7, 11) is 0. The molecule has 0 aliphatic carbocycles. The van der Waals surface area contributed by atoms with Crippen LogP contribution in [-0.4, -0.2) is 29.1 Å². The van der Waals surface area contributed by atoms with E-state index in [4.69, 9.17) is 0 Å². The Kier molecular flexibility index (Phi) is 2.43. The number of nitrogens with zero attached hydrogens (tertiary/aromatic N) is 1. The van der Waals surface area contributed by atoms with Crippen molar-refractivity contribution in [3.05, 3.63) is 47.9 Å². The topological polar surface area (TPSA) is 15.3 Å². The van der Waals surface area contributed by atoms with Crippen molar-refractivity contribution in [2.24, 2.45) is 0 Å². The zero-order valence-corrected chi connectivity index (χ0v) is 9.33. The van der Waals surface area contributed by atoms with Gasteiger partial charge in [-0.3, -0.25) is 0 Å². The molecule has 3 heteroatoms. The second-order valence-electron chi connectivity index (χ2n) is 3.84. The first-order chi connectivity index (χ1) is 7.43. The third-order valence-corrected chi connectivity index (χ3v) is 4.03. The smallest absolute Gasteiger partial charge is 0.0791 e. The normalized spacial score (nSPS) is 28.8. The van der Waals surface area contributed by atoms with Crippen molar-refractivity contribution in [3.63, 3.8) is 0 Å². The molecule has 0 aromatic carbocycles. The van der Waals surface area contributed by atoms with Crippen LogP contribution >= 0.6 is 11.8 Å². The van der Waals surface area contributed by atoms with Crippen LogP contribution < -0.4 is 5.32 Å². The van der Waals surface area contributed by atoms with E-state index < -0.39 is 0 Å². The summed E-state index contributed by atoms with van der Waals surface area (Å²) in [4.78, 5) is 2.27. The molecule has 3 aliphatic rings. The number of hydrogen-bond donors (Lipinski definition) is 1. The van der Waals surface area contributed by atoms with Gasteiger partial charge in [0.05, 0.1) is 5.37 Å². The molecule has 1 atom stereocenters. The van der Waals surface area contributed by atoms with E-state index in [-0.39, 0.29) is 0 Å². The lowest BCUT2D eigenvalue weighted by Crippen LogP contribution is -2.26. The fourth-order valence-electron chi connectivity index (χ4n) is 2.02. The van der Waals surface area contributed by atoms with Gasteiger partial charge in [-0.15, -0.1) is 11.8 Å². The predicted octanol–water partition coefficient (Wildman–Crippen LogP) is 1.86. The van der Waals surface area contributed by atoms with E-state index in [0.717, 1.165) is 13.1 Å². The molecule has 0 spiro atoms. The minimum atomic E-state index is 0.496. The lowest BCUT2D eigenvalue weighted by atomic mass is 10.1. The molecule has 1 saturated heterocycles. The summed E-state index contributed by atoms with van der Waals surface area (Å²) in [5.41, 5.74) is 2.71. The number of nitrogens with one attached hydrogen (secondary N) is 1. The van der Waals surface area contributed by atoms with E-state index in [1.807, 2.05) is 11.8 Å². The Labute approximate surface area is 94.4 Å². The summed E-state index contributed by atoms with van der Waals surface area (Å²) < 4.78 is 0. The second kappa shape index (κ2) is 3.91. The molecule has 0 bridgehead atoms. The zero-order valence-electron chi connectivity index (χ0n) is 8.52. The molecule has 3 aliphatic heterocycles. The summed E-state index contributed by atoms with van der Waals surface area (Å²) >= 11 is 1.99. The maximum absolute atomic E-state index is 3.50. The minimum absolute atomic E-state index is 0.496. The van der Waals surface area contributed by atoms with Gasteiger partial charge in [0.1, 0.15) is 0 Å². The monoisotopic (exact) mass is 218 g/mol. The van der Waals surface area contributed by atoms with Gasteiger partial charge in [-0.25, -0.2) is 0 Å². The summed E-state index contributed by atoms with van der Waals surface area (Å²) in [6, 6.07) is 0. The molecule has 1 N–H and O–H groups in total. The third-order valence-electron chi connectivity index (χ3n) is 2.82. The van der Waals surface area contributed by atoms with Gasteiger partial charge in [0.25, 0.3) is 0 Å². The molecule has 0 radical (unpaired) electrons. The lowest BCUT2D eigenvalue weighted by molar-refractivity contribution is 0.519. The molecule has 78 valence electrons. The van der Waals surface area contributed by atoms with Crippen LogP contribution in [0.1, 0.15) is 0 Å². The van der Waals surface area contributed by atoms with Crippen molar-refractivity contribution in [1.29, 1.82) is 0 Å². The largest absolute Gasteiger partial charge is 0.344 e. The Hall–Kier alpha value is -0.930. The highest BCUT2D eigenvalue weighted by Gasteiger charge is 2.20. The van der Waals surface area contributed by atoms with Crippen molar-refractivity contribution in [3.8, 4) is 0 Å². The van der Waals surface area contributed by atoms with Gasteiger partial charge in [-0.2, -0.15) is 0 Å². The Morgan fingerprint density at radius 3 is 3.33 bits per heavy atom. The fourth-order valence-corrected chi connectivity index (χ4v) is 3.06. The molecule has 3 rings (SSSR count). The highest BCUT2D eigenvalue weighted by Crippen LogP contribution is 2.27. The maximum atomic E-state index is 3.50. The first-order valence-electron chi connectivity index (χ1n) is 5.32. The number of thioether (sulfide) groups is 1. The number of fused-ring (bicyclic) bond motifs is 1. The summed E-state index contributed by atoms with van der Waals surface area (Å²) in [6.07, 6.45) is 13.2. The summed E-state index contributed by atoms with van der Waals surface area (Å²) in [5, 5.41) is 4.00. The SMILES string of the molecule is C1=CCN2C=CC(C3NCCS3)=CC2=C1. The summed E-state index contributed by atoms with van der Waals surface area (Å²) in [5.74, 6) is 1.22. The quantitative estimate of drug-likeness (QED) is 0.723. The van der Waals surface area contributed by atoms with Gasteiger partial charge >= 0.3 is 0 Å². The van der Waals surface area contributed by atoms with Crippen molar-refractivity contribution in [2.75, 3.05) is 18.8 Å². The molecular weight excluding hydrogens is 204 g/mol. The average molecular weight is 218 g/mol.